The van der Waals surface area contributed by atoms with Gasteiger partial charge in [0.1, 0.15) is 0 Å². The molecule has 0 radical (unpaired) electrons. The molecule has 0 aliphatic heterocycles. The van der Waals surface area contributed by atoms with Gasteiger partial charge in [-0.15, -0.1) is 0 Å². The van der Waals surface area contributed by atoms with Crippen LogP contribution in [-0.2, 0) is 0 Å². The van der Waals surface area contributed by atoms with Crippen molar-refractivity contribution in [2.75, 3.05) is 5.73 Å². The van der Waals surface area contributed by atoms with Crippen LogP contribution in [0.2, 0.25) is 0 Å². The zero-order chi connectivity index (χ0) is 12.4. The maximum atomic E-state index is 5.69. The van der Waals surface area contributed by atoms with E-state index in [-0.39, 0.29) is 0 Å². The van der Waals surface area contributed by atoms with Crippen molar-refractivity contribution in [2.45, 2.75) is 0 Å². The zero-order valence-electron chi connectivity index (χ0n) is 9.67. The van der Waals surface area contributed by atoms with Gasteiger partial charge in [0.2, 0.25) is 0 Å². The van der Waals surface area contributed by atoms with E-state index in [1.807, 2.05) is 42.6 Å². The van der Waals surface area contributed by atoms with Crippen molar-refractivity contribution in [3.8, 4) is 22.4 Å². The first kappa shape index (κ1) is 10.5. The Bertz CT molecular complexity index is 641. The van der Waals surface area contributed by atoms with Crippen LogP contribution in [-0.4, -0.2) is 15.2 Å². The molecule has 0 spiro atoms. The Labute approximate surface area is 105 Å². The fourth-order valence-corrected chi connectivity index (χ4v) is 1.90. The van der Waals surface area contributed by atoms with E-state index in [0.29, 0.717) is 0 Å². The summed E-state index contributed by atoms with van der Waals surface area (Å²) in [5.74, 6) is 0. The Hall–Kier alpha value is -2.62. The smallest absolute Gasteiger partial charge is 0.0999 e. The molecule has 2 aromatic heterocycles. The summed E-state index contributed by atoms with van der Waals surface area (Å²) < 4.78 is 0. The van der Waals surface area contributed by atoms with Crippen LogP contribution in [0.15, 0.2) is 55.0 Å². The molecule has 3 rings (SSSR count). The molecule has 0 saturated heterocycles. The van der Waals surface area contributed by atoms with Gasteiger partial charge in [-0.05, 0) is 29.8 Å². The molecular formula is C14H12N4. The molecule has 0 saturated carbocycles. The van der Waals surface area contributed by atoms with Gasteiger partial charge in [-0.25, -0.2) is 0 Å². The van der Waals surface area contributed by atoms with Crippen molar-refractivity contribution < 1.29 is 0 Å². The summed E-state index contributed by atoms with van der Waals surface area (Å²) in [6.45, 7) is 0. The van der Waals surface area contributed by atoms with E-state index in [9.17, 15) is 0 Å². The largest absolute Gasteiger partial charge is 0.399 e. The molecule has 0 atom stereocenters. The average molecular weight is 236 g/mol. The number of nitrogens with zero attached hydrogens (tertiary/aromatic N) is 2. The summed E-state index contributed by atoms with van der Waals surface area (Å²) in [5.41, 5.74) is 10.5. The second-order valence-electron chi connectivity index (χ2n) is 4.01. The Morgan fingerprint density at radius 2 is 1.61 bits per heavy atom. The van der Waals surface area contributed by atoms with Gasteiger partial charge < -0.3 is 5.73 Å². The number of hydrogen-bond donors (Lipinski definition) is 2. The van der Waals surface area contributed by atoms with Crippen molar-refractivity contribution in [3.63, 3.8) is 0 Å². The molecule has 4 heteroatoms. The number of anilines is 1. The number of H-pyrrole nitrogens is 1. The fourth-order valence-electron chi connectivity index (χ4n) is 1.90. The normalized spacial score (nSPS) is 10.4. The van der Waals surface area contributed by atoms with Crippen LogP contribution in [0.5, 0.6) is 0 Å². The van der Waals surface area contributed by atoms with Crippen molar-refractivity contribution >= 4 is 5.69 Å². The van der Waals surface area contributed by atoms with Gasteiger partial charge in [0.05, 0.1) is 5.69 Å². The third-order valence-electron chi connectivity index (χ3n) is 2.82. The van der Waals surface area contributed by atoms with Crippen LogP contribution in [0.25, 0.3) is 22.4 Å². The van der Waals surface area contributed by atoms with E-state index < -0.39 is 0 Å². The maximum absolute atomic E-state index is 5.69. The highest BCUT2D eigenvalue weighted by atomic mass is 15.1. The minimum atomic E-state index is 0.750. The van der Waals surface area contributed by atoms with E-state index >= 15 is 0 Å². The molecule has 2 heterocycles. The van der Waals surface area contributed by atoms with Crippen molar-refractivity contribution in [3.05, 3.63) is 55.0 Å². The summed E-state index contributed by atoms with van der Waals surface area (Å²) in [6.07, 6.45) is 5.44. The van der Waals surface area contributed by atoms with Gasteiger partial charge >= 0.3 is 0 Å². The topological polar surface area (TPSA) is 67.6 Å². The molecule has 0 unspecified atom stereocenters. The lowest BCUT2D eigenvalue weighted by molar-refractivity contribution is 1.10. The first-order chi connectivity index (χ1) is 8.84. The Morgan fingerprint density at radius 1 is 0.889 bits per heavy atom. The summed E-state index contributed by atoms with van der Waals surface area (Å²) in [5, 5.41) is 7.21. The van der Waals surface area contributed by atoms with Gasteiger partial charge in [0.15, 0.2) is 0 Å². The first-order valence-corrected chi connectivity index (χ1v) is 5.65. The Morgan fingerprint density at radius 3 is 2.33 bits per heavy atom. The van der Waals surface area contributed by atoms with Gasteiger partial charge in [0, 0.05) is 35.4 Å². The summed E-state index contributed by atoms with van der Waals surface area (Å²) in [7, 11) is 0. The Balaban J connectivity index is 2.10. The second kappa shape index (κ2) is 4.33. The maximum Gasteiger partial charge on any atom is 0.0999 e. The Kier molecular flexibility index (Phi) is 2.53. The molecule has 0 bridgehead atoms. The molecule has 0 amide bonds. The van der Waals surface area contributed by atoms with Crippen LogP contribution >= 0.6 is 0 Å². The van der Waals surface area contributed by atoms with Crippen molar-refractivity contribution in [2.24, 2.45) is 0 Å². The van der Waals surface area contributed by atoms with Gasteiger partial charge in [0.25, 0.3) is 0 Å². The third kappa shape index (κ3) is 1.84. The molecule has 0 aliphatic carbocycles. The number of aromatic amines is 1. The third-order valence-corrected chi connectivity index (χ3v) is 2.82. The van der Waals surface area contributed by atoms with E-state index in [0.717, 1.165) is 28.1 Å². The van der Waals surface area contributed by atoms with Crippen LogP contribution < -0.4 is 5.73 Å². The predicted octanol–water partition coefficient (Wildman–Crippen LogP) is 2.72. The van der Waals surface area contributed by atoms with Crippen LogP contribution in [0.3, 0.4) is 0 Å². The monoisotopic (exact) mass is 236 g/mol. The van der Waals surface area contributed by atoms with Crippen molar-refractivity contribution in [1.29, 1.82) is 0 Å². The zero-order valence-corrected chi connectivity index (χ0v) is 9.67. The van der Waals surface area contributed by atoms with Gasteiger partial charge in [-0.2, -0.15) is 5.10 Å². The van der Waals surface area contributed by atoms with Crippen molar-refractivity contribution in [1.82, 2.24) is 15.2 Å². The first-order valence-electron chi connectivity index (χ1n) is 5.65. The molecule has 18 heavy (non-hydrogen) atoms. The molecule has 88 valence electrons. The summed E-state index contributed by atoms with van der Waals surface area (Å²) in [4.78, 5) is 4.02. The van der Waals surface area contributed by atoms with E-state index in [4.69, 9.17) is 5.73 Å². The van der Waals surface area contributed by atoms with Crippen LogP contribution in [0.4, 0.5) is 5.69 Å². The number of pyridine rings is 1. The van der Waals surface area contributed by atoms with Gasteiger partial charge in [-0.1, -0.05) is 12.1 Å². The number of nitrogens with one attached hydrogen (secondary N) is 1. The molecule has 3 N–H and O–H groups in total. The minimum absolute atomic E-state index is 0.750. The molecule has 0 aliphatic rings. The minimum Gasteiger partial charge on any atom is -0.399 e. The highest BCUT2D eigenvalue weighted by molar-refractivity contribution is 5.80. The molecule has 3 aromatic rings. The van der Waals surface area contributed by atoms with Crippen LogP contribution in [0, 0.1) is 0 Å². The predicted molar refractivity (Wildman–Crippen MR) is 71.7 cm³/mol. The van der Waals surface area contributed by atoms with E-state index in [1.54, 1.807) is 12.4 Å². The number of hydrogen-bond acceptors (Lipinski definition) is 3. The molecule has 0 fully saturated rings. The number of rotatable bonds is 2. The average Bonchev–Trinajstić information content (AvgIpc) is 2.90. The lowest BCUT2D eigenvalue weighted by atomic mass is 10.0. The highest BCUT2D eigenvalue weighted by Gasteiger charge is 2.09. The number of aromatic nitrogens is 3. The lowest BCUT2D eigenvalue weighted by Gasteiger charge is -2.02. The summed E-state index contributed by atoms with van der Waals surface area (Å²) in [6, 6.07) is 11.6. The highest BCUT2D eigenvalue weighted by Crippen LogP contribution is 2.29. The van der Waals surface area contributed by atoms with E-state index in [1.165, 1.54) is 0 Å². The van der Waals surface area contributed by atoms with Gasteiger partial charge in [-0.3, -0.25) is 10.1 Å². The standard InChI is InChI=1S/C14H12N4/c15-12-3-1-11(2-4-12)14-13(9-17-18-14)10-5-7-16-8-6-10/h1-9H,15H2,(H,17,18). The molecular weight excluding hydrogens is 224 g/mol. The molecule has 4 nitrogen and oxygen atoms in total. The second-order valence-corrected chi connectivity index (χ2v) is 4.01. The molecule has 1 aromatic carbocycles. The number of benzene rings is 1. The number of nitrogen functional groups attached to an aromatic ring is 1. The lowest BCUT2D eigenvalue weighted by Crippen LogP contribution is -1.86. The quantitative estimate of drug-likeness (QED) is 0.672. The SMILES string of the molecule is Nc1ccc(-c2n[nH]cc2-c2ccncc2)cc1. The van der Waals surface area contributed by atoms with Crippen LogP contribution in [0.1, 0.15) is 0 Å². The van der Waals surface area contributed by atoms with E-state index in [2.05, 4.69) is 15.2 Å². The number of nitrogens with two attached hydrogens (primary N) is 1. The summed E-state index contributed by atoms with van der Waals surface area (Å²) >= 11 is 0. The fraction of sp³-hybridized carbons (Fsp3) is 0.